The molecule has 0 atom stereocenters. The number of likely N-dealkylation sites (N-methyl/N-ethyl adjacent to an activating group) is 1. The Balaban J connectivity index is 0.00000240. The van der Waals surface area contributed by atoms with Gasteiger partial charge in [-0.25, -0.2) is 0 Å². The lowest BCUT2D eigenvalue weighted by Gasteiger charge is -2.37. The molecular weight excluding hydrogens is 477 g/mol. The van der Waals surface area contributed by atoms with E-state index in [1.807, 2.05) is 28.8 Å². The normalized spacial score (nSPS) is 15.2. The number of benzene rings is 1. The number of hydrogen-bond acceptors (Lipinski definition) is 4. The molecule has 4 rings (SSSR count). The maximum atomic E-state index is 4.39. The number of hydrogen-bond donors (Lipinski definition) is 2. The van der Waals surface area contributed by atoms with Gasteiger partial charge in [0.05, 0.1) is 6.54 Å². The predicted octanol–water partition coefficient (Wildman–Crippen LogP) is 2.11. The highest BCUT2D eigenvalue weighted by molar-refractivity contribution is 14.0. The number of nitrogens with zero attached hydrogens (tertiary/aromatic N) is 5. The van der Waals surface area contributed by atoms with Gasteiger partial charge in [0.25, 0.3) is 0 Å². The highest BCUT2D eigenvalue weighted by Gasteiger charge is 2.39. The Morgan fingerprint density at radius 3 is 2.41 bits per heavy atom. The number of pyridine rings is 1. The number of nitrogens with one attached hydrogen (secondary N) is 2. The summed E-state index contributed by atoms with van der Waals surface area (Å²) in [5.41, 5.74) is 3.77. The van der Waals surface area contributed by atoms with Crippen molar-refractivity contribution >= 4 is 35.6 Å². The fourth-order valence-electron chi connectivity index (χ4n) is 3.92. The Morgan fingerprint density at radius 2 is 1.76 bits per heavy atom. The number of aliphatic imine (C=N–C) groups is 1. The van der Waals surface area contributed by atoms with Crippen molar-refractivity contribution in [3.05, 3.63) is 65.6 Å². The Bertz CT molecular complexity index is 970. The van der Waals surface area contributed by atoms with E-state index in [1.165, 1.54) is 11.1 Å². The van der Waals surface area contributed by atoms with Gasteiger partial charge in [0, 0.05) is 25.3 Å². The SMILES string of the molecule is CN=C(NCc1nnc2ccccn12)NCC1(N(C)C)Cc2ccccc2C1.I. The number of guanidine groups is 1. The first kappa shape index (κ1) is 21.5. The number of rotatable bonds is 5. The smallest absolute Gasteiger partial charge is 0.191 e. The Hall–Kier alpha value is -2.20. The van der Waals surface area contributed by atoms with Crippen LogP contribution in [0.2, 0.25) is 0 Å². The minimum atomic E-state index is 0. The van der Waals surface area contributed by atoms with Gasteiger partial charge in [-0.05, 0) is 50.2 Å². The van der Waals surface area contributed by atoms with Crippen LogP contribution in [-0.2, 0) is 19.4 Å². The van der Waals surface area contributed by atoms with Crippen molar-refractivity contribution in [1.82, 2.24) is 30.1 Å². The van der Waals surface area contributed by atoms with Gasteiger partial charge in [-0.3, -0.25) is 9.39 Å². The molecule has 0 spiro atoms. The Kier molecular flexibility index (Phi) is 6.74. The maximum absolute atomic E-state index is 4.39. The van der Waals surface area contributed by atoms with Crippen LogP contribution in [0.25, 0.3) is 5.65 Å². The summed E-state index contributed by atoms with van der Waals surface area (Å²) in [6, 6.07) is 14.6. The van der Waals surface area contributed by atoms with E-state index in [9.17, 15) is 0 Å². The van der Waals surface area contributed by atoms with Gasteiger partial charge in [0.15, 0.2) is 17.4 Å². The van der Waals surface area contributed by atoms with Gasteiger partial charge in [0.2, 0.25) is 0 Å². The summed E-state index contributed by atoms with van der Waals surface area (Å²) in [5, 5.41) is 15.3. The molecule has 1 aromatic carbocycles. The lowest BCUT2D eigenvalue weighted by molar-refractivity contribution is 0.165. The first-order valence-corrected chi connectivity index (χ1v) is 9.59. The second-order valence-electron chi connectivity index (χ2n) is 7.57. The molecule has 2 N–H and O–H groups in total. The van der Waals surface area contributed by atoms with Crippen molar-refractivity contribution in [2.75, 3.05) is 27.7 Å². The molecule has 1 aliphatic carbocycles. The number of halogens is 1. The summed E-state index contributed by atoms with van der Waals surface area (Å²) >= 11 is 0. The topological polar surface area (TPSA) is 69.8 Å². The quantitative estimate of drug-likeness (QED) is 0.316. The second-order valence-corrected chi connectivity index (χ2v) is 7.57. The highest BCUT2D eigenvalue weighted by atomic mass is 127. The lowest BCUT2D eigenvalue weighted by Crippen LogP contribution is -2.55. The third kappa shape index (κ3) is 4.37. The fourth-order valence-corrected chi connectivity index (χ4v) is 3.92. The molecule has 2 aromatic heterocycles. The molecule has 1 aliphatic rings. The first-order valence-electron chi connectivity index (χ1n) is 9.59. The number of aromatic nitrogens is 3. The number of fused-ring (bicyclic) bond motifs is 2. The average molecular weight is 505 g/mol. The van der Waals surface area contributed by atoms with Gasteiger partial charge in [-0.1, -0.05) is 30.3 Å². The molecule has 7 nitrogen and oxygen atoms in total. The largest absolute Gasteiger partial charge is 0.355 e. The van der Waals surface area contributed by atoms with Crippen LogP contribution >= 0.6 is 24.0 Å². The summed E-state index contributed by atoms with van der Waals surface area (Å²) in [6.45, 7) is 1.37. The third-order valence-electron chi connectivity index (χ3n) is 5.71. The zero-order chi connectivity index (χ0) is 19.6. The molecule has 0 radical (unpaired) electrons. The van der Waals surface area contributed by atoms with Crippen molar-refractivity contribution in [3.63, 3.8) is 0 Å². The van der Waals surface area contributed by atoms with Gasteiger partial charge in [-0.2, -0.15) is 0 Å². The van der Waals surface area contributed by atoms with Gasteiger partial charge in [-0.15, -0.1) is 34.2 Å². The fraction of sp³-hybridized carbons (Fsp3) is 0.381. The maximum Gasteiger partial charge on any atom is 0.191 e. The van der Waals surface area contributed by atoms with Crippen LogP contribution in [0.4, 0.5) is 0 Å². The van der Waals surface area contributed by atoms with Crippen LogP contribution in [-0.4, -0.2) is 58.7 Å². The molecule has 0 saturated heterocycles. The van der Waals surface area contributed by atoms with Crippen molar-refractivity contribution in [3.8, 4) is 0 Å². The third-order valence-corrected chi connectivity index (χ3v) is 5.71. The van der Waals surface area contributed by atoms with Gasteiger partial charge in [0.1, 0.15) is 0 Å². The van der Waals surface area contributed by atoms with E-state index in [4.69, 9.17) is 0 Å². The lowest BCUT2D eigenvalue weighted by atomic mass is 9.94. The van der Waals surface area contributed by atoms with E-state index in [0.29, 0.717) is 6.54 Å². The summed E-state index contributed by atoms with van der Waals surface area (Å²) in [7, 11) is 6.11. The summed E-state index contributed by atoms with van der Waals surface area (Å²) in [5.74, 6) is 1.62. The van der Waals surface area contributed by atoms with E-state index in [0.717, 1.165) is 36.8 Å². The molecular formula is C21H28IN7. The van der Waals surface area contributed by atoms with Gasteiger partial charge < -0.3 is 15.5 Å². The van der Waals surface area contributed by atoms with Crippen molar-refractivity contribution < 1.29 is 0 Å². The molecule has 0 unspecified atom stereocenters. The van der Waals surface area contributed by atoms with Gasteiger partial charge >= 0.3 is 0 Å². The molecule has 0 aliphatic heterocycles. The van der Waals surface area contributed by atoms with E-state index < -0.39 is 0 Å². The Morgan fingerprint density at radius 1 is 1.07 bits per heavy atom. The summed E-state index contributed by atoms with van der Waals surface area (Å²) in [4.78, 5) is 6.72. The zero-order valence-corrected chi connectivity index (χ0v) is 19.4. The van der Waals surface area contributed by atoms with Crippen LogP contribution in [0, 0.1) is 0 Å². The monoisotopic (exact) mass is 505 g/mol. The van der Waals surface area contributed by atoms with E-state index >= 15 is 0 Å². The van der Waals surface area contributed by atoms with Crippen LogP contribution in [0.15, 0.2) is 53.7 Å². The second kappa shape index (κ2) is 9.08. The van der Waals surface area contributed by atoms with Crippen LogP contribution in [0.3, 0.4) is 0 Å². The highest BCUT2D eigenvalue weighted by Crippen LogP contribution is 2.32. The molecule has 8 heteroatoms. The first-order chi connectivity index (χ1) is 13.6. The van der Waals surface area contributed by atoms with Crippen LogP contribution in [0.5, 0.6) is 0 Å². The molecule has 0 bridgehead atoms. The average Bonchev–Trinajstić information content (AvgIpc) is 3.30. The molecule has 29 heavy (non-hydrogen) atoms. The molecule has 0 amide bonds. The summed E-state index contributed by atoms with van der Waals surface area (Å²) < 4.78 is 1.98. The zero-order valence-electron chi connectivity index (χ0n) is 17.1. The predicted molar refractivity (Wildman–Crippen MR) is 127 cm³/mol. The van der Waals surface area contributed by atoms with Crippen LogP contribution < -0.4 is 10.6 Å². The van der Waals surface area contributed by atoms with E-state index in [-0.39, 0.29) is 29.5 Å². The Labute approximate surface area is 188 Å². The van der Waals surface area contributed by atoms with E-state index in [1.54, 1.807) is 7.05 Å². The molecule has 0 fully saturated rings. The molecule has 154 valence electrons. The van der Waals surface area contributed by atoms with Crippen molar-refractivity contribution in [2.24, 2.45) is 4.99 Å². The van der Waals surface area contributed by atoms with E-state index in [2.05, 4.69) is 69.1 Å². The van der Waals surface area contributed by atoms with Crippen LogP contribution in [0.1, 0.15) is 17.0 Å². The standard InChI is InChI=1S/C21H27N7.HI/c1-22-20(23-14-19-26-25-18-10-6-7-11-28(18)19)24-15-21(27(2)3)12-16-8-4-5-9-17(16)13-21;/h4-11H,12-15H2,1-3H3,(H2,22,23,24);1H. The summed E-state index contributed by atoms with van der Waals surface area (Å²) in [6.07, 6.45) is 4.04. The molecule has 3 aromatic rings. The van der Waals surface area contributed by atoms with Crippen molar-refractivity contribution in [1.29, 1.82) is 0 Å². The minimum absolute atomic E-state index is 0. The minimum Gasteiger partial charge on any atom is -0.355 e. The van der Waals surface area contributed by atoms with Crippen molar-refractivity contribution in [2.45, 2.75) is 24.9 Å². The molecule has 0 saturated carbocycles. The molecule has 2 heterocycles.